The van der Waals surface area contributed by atoms with Gasteiger partial charge < -0.3 is 4.90 Å². The van der Waals surface area contributed by atoms with Crippen molar-refractivity contribution >= 4 is 21.7 Å². The molecule has 100 valence electrons. The van der Waals surface area contributed by atoms with Gasteiger partial charge in [-0.25, -0.2) is 9.97 Å². The van der Waals surface area contributed by atoms with Crippen LogP contribution >= 0.6 is 15.9 Å². The van der Waals surface area contributed by atoms with Gasteiger partial charge in [-0.2, -0.15) is 0 Å². The molecule has 4 nitrogen and oxygen atoms in total. The van der Waals surface area contributed by atoms with E-state index in [1.165, 1.54) is 0 Å². The quantitative estimate of drug-likeness (QED) is 0.810. The van der Waals surface area contributed by atoms with Gasteiger partial charge in [0.1, 0.15) is 16.2 Å². The normalized spacial score (nSPS) is 10.8. The van der Waals surface area contributed by atoms with Gasteiger partial charge >= 0.3 is 0 Å². The molecule has 2 heterocycles. The lowest BCUT2D eigenvalue weighted by atomic mass is 10.2. The molecule has 0 saturated carbocycles. The summed E-state index contributed by atoms with van der Waals surface area (Å²) in [4.78, 5) is 15.4. The fraction of sp³-hybridized carbons (Fsp3) is 0.357. The van der Waals surface area contributed by atoms with E-state index in [0.29, 0.717) is 5.92 Å². The van der Waals surface area contributed by atoms with Crippen LogP contribution in [0.1, 0.15) is 31.3 Å². The van der Waals surface area contributed by atoms with Gasteiger partial charge in [-0.15, -0.1) is 0 Å². The topological polar surface area (TPSA) is 41.9 Å². The van der Waals surface area contributed by atoms with Crippen molar-refractivity contribution in [2.45, 2.75) is 26.3 Å². The fourth-order valence-electron chi connectivity index (χ4n) is 1.69. The van der Waals surface area contributed by atoms with Crippen LogP contribution in [0, 0.1) is 0 Å². The Kier molecular flexibility index (Phi) is 4.47. The van der Waals surface area contributed by atoms with Crippen LogP contribution in [0.5, 0.6) is 0 Å². The van der Waals surface area contributed by atoms with Crippen LogP contribution in [-0.4, -0.2) is 22.0 Å². The van der Waals surface area contributed by atoms with E-state index in [-0.39, 0.29) is 0 Å². The van der Waals surface area contributed by atoms with Crippen molar-refractivity contribution < 1.29 is 0 Å². The second kappa shape index (κ2) is 6.10. The van der Waals surface area contributed by atoms with Gasteiger partial charge in [0.05, 0.1) is 12.2 Å². The maximum absolute atomic E-state index is 4.59. The molecule has 2 rings (SSSR count). The Morgan fingerprint density at radius 2 is 2.05 bits per heavy atom. The summed E-state index contributed by atoms with van der Waals surface area (Å²) in [5.74, 6) is 2.05. The maximum Gasteiger partial charge on any atom is 0.134 e. The predicted molar refractivity (Wildman–Crippen MR) is 80.2 cm³/mol. The van der Waals surface area contributed by atoms with Gasteiger partial charge in [-0.3, -0.25) is 4.98 Å². The number of aromatic nitrogens is 3. The molecular formula is C14H17BrN4. The minimum Gasteiger partial charge on any atom is -0.354 e. The van der Waals surface area contributed by atoms with Crippen molar-refractivity contribution in [3.8, 4) is 0 Å². The summed E-state index contributed by atoms with van der Waals surface area (Å²) in [6, 6.07) is 7.85. The van der Waals surface area contributed by atoms with Crippen LogP contribution in [0.2, 0.25) is 0 Å². The molecule has 0 aliphatic rings. The molecule has 0 amide bonds. The number of hydrogen-bond acceptors (Lipinski definition) is 4. The lowest BCUT2D eigenvalue weighted by Gasteiger charge is -2.19. The zero-order chi connectivity index (χ0) is 13.8. The first-order chi connectivity index (χ1) is 9.06. The molecule has 0 unspecified atom stereocenters. The molecule has 0 aliphatic heterocycles. The molecule has 0 radical (unpaired) electrons. The maximum atomic E-state index is 4.59. The molecule has 2 aromatic rings. The Hall–Kier alpha value is -1.49. The van der Waals surface area contributed by atoms with Crippen molar-refractivity contribution in [1.29, 1.82) is 0 Å². The molecule has 0 bridgehead atoms. The first-order valence-electron chi connectivity index (χ1n) is 6.22. The summed E-state index contributed by atoms with van der Waals surface area (Å²) in [6.07, 6.45) is 1.80. The molecule has 0 aliphatic carbocycles. The second-order valence-corrected chi connectivity index (χ2v) is 5.55. The molecule has 2 aromatic heterocycles. The van der Waals surface area contributed by atoms with Crippen LogP contribution in [-0.2, 0) is 6.54 Å². The molecular weight excluding hydrogens is 304 g/mol. The molecule has 0 spiro atoms. The van der Waals surface area contributed by atoms with Gasteiger partial charge in [-0.05, 0) is 28.1 Å². The van der Waals surface area contributed by atoms with E-state index in [1.807, 2.05) is 31.3 Å². The second-order valence-electron chi connectivity index (χ2n) is 4.74. The summed E-state index contributed by atoms with van der Waals surface area (Å²) < 4.78 is 0.814. The van der Waals surface area contributed by atoms with Crippen LogP contribution in [0.4, 0.5) is 5.82 Å². The van der Waals surface area contributed by atoms with E-state index >= 15 is 0 Å². The Morgan fingerprint density at radius 3 is 2.68 bits per heavy atom. The van der Waals surface area contributed by atoms with E-state index < -0.39 is 0 Å². The third-order valence-corrected chi connectivity index (χ3v) is 3.14. The van der Waals surface area contributed by atoms with Crippen LogP contribution in [0.15, 0.2) is 35.1 Å². The SMILES string of the molecule is CC(C)c1nc(Br)cc(N(C)Cc2ccccn2)n1. The van der Waals surface area contributed by atoms with Gasteiger partial charge in [0.2, 0.25) is 0 Å². The van der Waals surface area contributed by atoms with E-state index in [4.69, 9.17) is 0 Å². The van der Waals surface area contributed by atoms with Crippen molar-refractivity contribution in [3.05, 3.63) is 46.6 Å². The van der Waals surface area contributed by atoms with E-state index in [1.54, 1.807) is 6.20 Å². The minimum atomic E-state index is 0.305. The summed E-state index contributed by atoms with van der Waals surface area (Å²) in [6.45, 7) is 4.90. The largest absolute Gasteiger partial charge is 0.354 e. The average molecular weight is 321 g/mol. The molecule has 0 atom stereocenters. The van der Waals surface area contributed by atoms with Crippen LogP contribution in [0.25, 0.3) is 0 Å². The summed E-state index contributed by atoms with van der Waals surface area (Å²) in [5, 5.41) is 0. The van der Waals surface area contributed by atoms with Gasteiger partial charge in [0.15, 0.2) is 0 Å². The van der Waals surface area contributed by atoms with Gasteiger partial charge in [0.25, 0.3) is 0 Å². The highest BCUT2D eigenvalue weighted by molar-refractivity contribution is 9.10. The lowest BCUT2D eigenvalue weighted by Crippen LogP contribution is -2.19. The van der Waals surface area contributed by atoms with E-state index in [9.17, 15) is 0 Å². The predicted octanol–water partition coefficient (Wildman–Crippen LogP) is 3.39. The van der Waals surface area contributed by atoms with Gasteiger partial charge in [0, 0.05) is 25.2 Å². The number of pyridine rings is 1. The lowest BCUT2D eigenvalue weighted by molar-refractivity contribution is 0.755. The Bertz CT molecular complexity index is 542. The fourth-order valence-corrected chi connectivity index (χ4v) is 2.08. The molecule has 5 heteroatoms. The molecule has 0 aromatic carbocycles. The highest BCUT2D eigenvalue weighted by Crippen LogP contribution is 2.20. The first kappa shape index (κ1) is 13.9. The van der Waals surface area contributed by atoms with Gasteiger partial charge in [-0.1, -0.05) is 19.9 Å². The van der Waals surface area contributed by atoms with E-state index in [2.05, 4.69) is 49.6 Å². The van der Waals surface area contributed by atoms with Crippen molar-refractivity contribution in [1.82, 2.24) is 15.0 Å². The van der Waals surface area contributed by atoms with Crippen LogP contribution < -0.4 is 4.90 Å². The van der Waals surface area contributed by atoms with Crippen molar-refractivity contribution in [3.63, 3.8) is 0 Å². The standard InChI is InChI=1S/C14H17BrN4/c1-10(2)14-17-12(15)8-13(18-14)19(3)9-11-6-4-5-7-16-11/h4-8,10H,9H2,1-3H3. The first-order valence-corrected chi connectivity index (χ1v) is 7.01. The number of rotatable bonds is 4. The summed E-state index contributed by atoms with van der Waals surface area (Å²) in [7, 11) is 2.01. The highest BCUT2D eigenvalue weighted by atomic mass is 79.9. The number of hydrogen-bond donors (Lipinski definition) is 0. The van der Waals surface area contributed by atoms with Crippen molar-refractivity contribution in [2.75, 3.05) is 11.9 Å². The smallest absolute Gasteiger partial charge is 0.134 e. The Balaban J connectivity index is 2.21. The van der Waals surface area contributed by atoms with Crippen molar-refractivity contribution in [2.24, 2.45) is 0 Å². The number of halogens is 1. The summed E-state index contributed by atoms with van der Waals surface area (Å²) in [5.41, 5.74) is 1.02. The summed E-state index contributed by atoms with van der Waals surface area (Å²) >= 11 is 3.44. The monoisotopic (exact) mass is 320 g/mol. The highest BCUT2D eigenvalue weighted by Gasteiger charge is 2.10. The molecule has 19 heavy (non-hydrogen) atoms. The number of anilines is 1. The molecule has 0 N–H and O–H groups in total. The Labute approximate surface area is 122 Å². The molecule has 0 fully saturated rings. The average Bonchev–Trinajstić information content (AvgIpc) is 2.39. The molecule has 0 saturated heterocycles. The zero-order valence-electron chi connectivity index (χ0n) is 11.3. The van der Waals surface area contributed by atoms with E-state index in [0.717, 1.165) is 28.5 Å². The third-order valence-electron chi connectivity index (χ3n) is 2.73. The third kappa shape index (κ3) is 3.73. The zero-order valence-corrected chi connectivity index (χ0v) is 12.9. The minimum absolute atomic E-state index is 0.305. The Morgan fingerprint density at radius 1 is 1.26 bits per heavy atom. The van der Waals surface area contributed by atoms with Crippen LogP contribution in [0.3, 0.4) is 0 Å². The number of nitrogens with zero attached hydrogens (tertiary/aromatic N) is 4.